The van der Waals surface area contributed by atoms with E-state index in [0.29, 0.717) is 10.0 Å². The Morgan fingerprint density at radius 2 is 2.00 bits per heavy atom. The lowest BCUT2D eigenvalue weighted by molar-refractivity contribution is 0.0471. The lowest BCUT2D eigenvalue weighted by Gasteiger charge is -2.09. The van der Waals surface area contributed by atoms with Gasteiger partial charge in [-0.05, 0) is 30.3 Å². The number of carbonyl (C=O) groups is 1. The van der Waals surface area contributed by atoms with Gasteiger partial charge in [0.1, 0.15) is 12.4 Å². The molecule has 0 aromatic heterocycles. The molecule has 110 valence electrons. The summed E-state index contributed by atoms with van der Waals surface area (Å²) in [7, 11) is 0. The highest BCUT2D eigenvalue weighted by atomic mass is 79.9. The summed E-state index contributed by atoms with van der Waals surface area (Å²) in [6.45, 7) is -0.0860. The number of ether oxygens (including phenoxy) is 1. The molecular weight excluding hydrogens is 384 g/mol. The van der Waals surface area contributed by atoms with Crippen molar-refractivity contribution < 1.29 is 13.9 Å². The number of esters is 1. The Bertz CT molecular complexity index is 686. The highest BCUT2D eigenvalue weighted by Gasteiger charge is 2.13. The lowest BCUT2D eigenvalue weighted by atomic mass is 10.2. The Balaban J connectivity index is 2.13. The van der Waals surface area contributed by atoms with Crippen LogP contribution in [-0.4, -0.2) is 5.97 Å². The average molecular weight is 393 g/mol. The smallest absolute Gasteiger partial charge is 0.338 e. The summed E-state index contributed by atoms with van der Waals surface area (Å²) in [5.74, 6) is -1.04. The molecule has 2 aromatic carbocycles. The van der Waals surface area contributed by atoms with Crippen LogP contribution in [0.1, 0.15) is 15.9 Å². The van der Waals surface area contributed by atoms with Gasteiger partial charge in [0.15, 0.2) is 0 Å². The molecule has 21 heavy (non-hydrogen) atoms. The quantitative estimate of drug-likeness (QED) is 0.600. The second-order valence-electron chi connectivity index (χ2n) is 4.17. The van der Waals surface area contributed by atoms with Gasteiger partial charge < -0.3 is 10.5 Å². The molecule has 0 unspecified atom stereocenters. The van der Waals surface area contributed by atoms with Crippen LogP contribution in [0.4, 0.5) is 10.1 Å². The topological polar surface area (TPSA) is 52.3 Å². The molecule has 0 aliphatic heterocycles. The molecule has 2 aromatic rings. The largest absolute Gasteiger partial charge is 0.457 e. The molecule has 0 saturated heterocycles. The van der Waals surface area contributed by atoms with E-state index in [2.05, 4.69) is 15.9 Å². The van der Waals surface area contributed by atoms with Crippen LogP contribution >= 0.6 is 39.1 Å². The second kappa shape index (κ2) is 6.64. The molecule has 0 fully saturated rings. The minimum Gasteiger partial charge on any atom is -0.457 e. The number of hydrogen-bond donors (Lipinski definition) is 1. The van der Waals surface area contributed by atoms with Crippen molar-refractivity contribution >= 4 is 50.8 Å². The molecule has 0 spiro atoms. The monoisotopic (exact) mass is 391 g/mol. The van der Waals surface area contributed by atoms with E-state index in [0.717, 1.165) is 0 Å². The highest BCUT2D eigenvalue weighted by Crippen LogP contribution is 2.29. The molecule has 0 aliphatic rings. The van der Waals surface area contributed by atoms with Crippen molar-refractivity contribution in [3.8, 4) is 0 Å². The zero-order valence-electron chi connectivity index (χ0n) is 10.5. The van der Waals surface area contributed by atoms with Gasteiger partial charge in [-0.25, -0.2) is 9.18 Å². The van der Waals surface area contributed by atoms with Crippen LogP contribution in [0.3, 0.4) is 0 Å². The summed E-state index contributed by atoms with van der Waals surface area (Å²) in [6.07, 6.45) is 0. The second-order valence-corrected chi connectivity index (χ2v) is 5.81. The molecule has 2 rings (SSSR count). The average Bonchev–Trinajstić information content (AvgIpc) is 2.44. The highest BCUT2D eigenvalue weighted by molar-refractivity contribution is 9.10. The molecule has 0 amide bonds. The third-order valence-electron chi connectivity index (χ3n) is 2.66. The third kappa shape index (κ3) is 3.87. The van der Waals surface area contributed by atoms with Gasteiger partial charge in [-0.15, -0.1) is 0 Å². The molecule has 0 heterocycles. The summed E-state index contributed by atoms with van der Waals surface area (Å²) >= 11 is 14.9. The van der Waals surface area contributed by atoms with Crippen molar-refractivity contribution in [2.45, 2.75) is 6.61 Å². The van der Waals surface area contributed by atoms with E-state index in [1.807, 2.05) is 0 Å². The molecule has 0 atom stereocenters. The standard InChI is InChI=1S/C14H9BrCl2FNO2/c15-10-2-1-9(18)3-8(10)6-21-14(20)7-4-11(16)13(17)12(19)5-7/h1-5H,6,19H2. The minimum absolute atomic E-state index is 0.0860. The number of rotatable bonds is 3. The SMILES string of the molecule is Nc1cc(C(=O)OCc2cc(F)ccc2Br)cc(Cl)c1Cl. The summed E-state index contributed by atoms with van der Waals surface area (Å²) in [5.41, 5.74) is 6.50. The van der Waals surface area contributed by atoms with Crippen molar-refractivity contribution in [1.82, 2.24) is 0 Å². The van der Waals surface area contributed by atoms with Crippen molar-refractivity contribution in [2.75, 3.05) is 5.73 Å². The first kappa shape index (κ1) is 16.1. The van der Waals surface area contributed by atoms with Crippen LogP contribution in [-0.2, 0) is 11.3 Å². The summed E-state index contributed by atoms with van der Waals surface area (Å²) in [4.78, 5) is 11.9. The Kier molecular flexibility index (Phi) is 5.08. The fraction of sp³-hybridized carbons (Fsp3) is 0.0714. The molecular formula is C14H9BrCl2FNO2. The number of carbonyl (C=O) groups excluding carboxylic acids is 1. The molecule has 0 radical (unpaired) electrons. The molecule has 2 N–H and O–H groups in total. The Morgan fingerprint density at radius 3 is 2.67 bits per heavy atom. The van der Waals surface area contributed by atoms with Crippen molar-refractivity contribution in [1.29, 1.82) is 0 Å². The summed E-state index contributed by atoms with van der Waals surface area (Å²) in [5, 5.41) is 0.344. The fourth-order valence-electron chi connectivity index (χ4n) is 1.61. The van der Waals surface area contributed by atoms with E-state index < -0.39 is 11.8 Å². The zero-order valence-corrected chi connectivity index (χ0v) is 13.6. The van der Waals surface area contributed by atoms with Crippen LogP contribution in [0.5, 0.6) is 0 Å². The predicted molar refractivity (Wildman–Crippen MR) is 84.1 cm³/mol. The van der Waals surface area contributed by atoms with Gasteiger partial charge in [-0.3, -0.25) is 0 Å². The maximum absolute atomic E-state index is 13.1. The van der Waals surface area contributed by atoms with Gasteiger partial charge in [-0.2, -0.15) is 0 Å². The number of nitrogen functional groups attached to an aromatic ring is 1. The molecule has 3 nitrogen and oxygen atoms in total. The third-order valence-corrected chi connectivity index (χ3v) is 4.25. The van der Waals surface area contributed by atoms with Crippen LogP contribution in [0, 0.1) is 5.82 Å². The van der Waals surface area contributed by atoms with Crippen molar-refractivity contribution in [3.05, 3.63) is 61.8 Å². The molecule has 0 saturated carbocycles. The zero-order chi connectivity index (χ0) is 15.6. The van der Waals surface area contributed by atoms with Crippen molar-refractivity contribution in [2.24, 2.45) is 0 Å². The summed E-state index contributed by atoms with van der Waals surface area (Å²) in [6, 6.07) is 6.85. The van der Waals surface area contributed by atoms with Crippen molar-refractivity contribution in [3.63, 3.8) is 0 Å². The molecule has 7 heteroatoms. The molecule has 0 bridgehead atoms. The number of hydrogen-bond acceptors (Lipinski definition) is 3. The minimum atomic E-state index is -0.628. The number of benzene rings is 2. The fourth-order valence-corrected chi connectivity index (χ4v) is 2.31. The molecule has 0 aliphatic carbocycles. The first-order valence-electron chi connectivity index (χ1n) is 5.74. The maximum atomic E-state index is 13.1. The first-order chi connectivity index (χ1) is 9.88. The predicted octanol–water partition coefficient (Wildman–Crippen LogP) is 4.83. The van der Waals surface area contributed by atoms with Gasteiger partial charge in [-0.1, -0.05) is 39.1 Å². The van der Waals surface area contributed by atoms with E-state index in [-0.39, 0.29) is 27.9 Å². The number of anilines is 1. The Labute approximate surface area is 138 Å². The van der Waals surface area contributed by atoms with Gasteiger partial charge in [0.05, 0.1) is 21.3 Å². The van der Waals surface area contributed by atoms with E-state index in [1.165, 1.54) is 30.3 Å². The van der Waals surface area contributed by atoms with Gasteiger partial charge >= 0.3 is 5.97 Å². The Hall–Kier alpha value is -1.30. The number of nitrogens with two attached hydrogens (primary N) is 1. The van der Waals surface area contributed by atoms with Crippen LogP contribution in [0.25, 0.3) is 0 Å². The lowest BCUT2D eigenvalue weighted by Crippen LogP contribution is -2.07. The van der Waals surface area contributed by atoms with Gasteiger partial charge in [0.25, 0.3) is 0 Å². The van der Waals surface area contributed by atoms with E-state index in [1.54, 1.807) is 0 Å². The van der Waals surface area contributed by atoms with Gasteiger partial charge in [0, 0.05) is 10.0 Å². The first-order valence-corrected chi connectivity index (χ1v) is 7.29. The van der Waals surface area contributed by atoms with Crippen LogP contribution in [0.15, 0.2) is 34.8 Å². The van der Waals surface area contributed by atoms with Gasteiger partial charge in [0.2, 0.25) is 0 Å². The van der Waals surface area contributed by atoms with E-state index in [4.69, 9.17) is 33.7 Å². The maximum Gasteiger partial charge on any atom is 0.338 e. The summed E-state index contributed by atoms with van der Waals surface area (Å²) < 4.78 is 18.9. The van der Waals surface area contributed by atoms with Crippen LogP contribution in [0.2, 0.25) is 10.0 Å². The van der Waals surface area contributed by atoms with Crippen LogP contribution < -0.4 is 5.73 Å². The Morgan fingerprint density at radius 1 is 1.29 bits per heavy atom. The van der Waals surface area contributed by atoms with E-state index >= 15 is 0 Å². The number of halogens is 4. The van der Waals surface area contributed by atoms with E-state index in [9.17, 15) is 9.18 Å². The normalized spacial score (nSPS) is 10.5.